The maximum Gasteiger partial charge on any atom is 0.261 e. The quantitative estimate of drug-likeness (QED) is 0.917. The SMILES string of the molecule is CS(=O)(=O)c1cccc(N2C(=O)c3ccccc3C2O)c1. The average Bonchev–Trinajstić information content (AvgIpc) is 2.71. The maximum atomic E-state index is 12.4. The molecule has 1 unspecified atom stereocenters. The van der Waals surface area contributed by atoms with Crippen LogP contribution in [0.2, 0.25) is 0 Å². The van der Waals surface area contributed by atoms with Gasteiger partial charge in [0.1, 0.15) is 0 Å². The number of carbonyl (C=O) groups excluding carboxylic acids is 1. The Labute approximate surface area is 122 Å². The third kappa shape index (κ3) is 2.22. The molecule has 1 amide bonds. The number of aliphatic hydroxyl groups is 1. The zero-order chi connectivity index (χ0) is 15.2. The average molecular weight is 303 g/mol. The van der Waals surface area contributed by atoms with E-state index in [0.29, 0.717) is 16.8 Å². The van der Waals surface area contributed by atoms with Gasteiger partial charge in [-0.1, -0.05) is 24.3 Å². The van der Waals surface area contributed by atoms with Crippen LogP contribution in [0, 0.1) is 0 Å². The molecule has 1 aliphatic heterocycles. The van der Waals surface area contributed by atoms with Crippen molar-refractivity contribution in [2.75, 3.05) is 11.2 Å². The van der Waals surface area contributed by atoms with Crippen molar-refractivity contribution in [3.05, 3.63) is 59.7 Å². The summed E-state index contributed by atoms with van der Waals surface area (Å²) >= 11 is 0. The summed E-state index contributed by atoms with van der Waals surface area (Å²) in [5.41, 5.74) is 1.30. The van der Waals surface area contributed by atoms with Gasteiger partial charge in [-0.15, -0.1) is 0 Å². The van der Waals surface area contributed by atoms with Crippen molar-refractivity contribution in [2.45, 2.75) is 11.1 Å². The van der Waals surface area contributed by atoms with E-state index in [1.807, 2.05) is 0 Å². The first-order valence-corrected chi connectivity index (χ1v) is 8.19. The number of fused-ring (bicyclic) bond motifs is 1. The summed E-state index contributed by atoms with van der Waals surface area (Å²) in [6.07, 6.45) is -0.00757. The largest absolute Gasteiger partial charge is 0.369 e. The van der Waals surface area contributed by atoms with Crippen LogP contribution in [0.4, 0.5) is 5.69 Å². The van der Waals surface area contributed by atoms with E-state index in [1.165, 1.54) is 17.0 Å². The molecule has 1 atom stereocenters. The van der Waals surface area contributed by atoms with Gasteiger partial charge in [0.25, 0.3) is 5.91 Å². The number of hydrogen-bond donors (Lipinski definition) is 1. The van der Waals surface area contributed by atoms with Crippen LogP contribution >= 0.6 is 0 Å². The number of sulfone groups is 1. The van der Waals surface area contributed by atoms with Crippen LogP contribution in [0.5, 0.6) is 0 Å². The lowest BCUT2D eigenvalue weighted by Gasteiger charge is -2.21. The van der Waals surface area contributed by atoms with Gasteiger partial charge in [-0.2, -0.15) is 0 Å². The van der Waals surface area contributed by atoms with Crippen molar-refractivity contribution in [1.82, 2.24) is 0 Å². The smallest absolute Gasteiger partial charge is 0.261 e. The third-order valence-electron chi connectivity index (χ3n) is 3.46. The fraction of sp³-hybridized carbons (Fsp3) is 0.133. The highest BCUT2D eigenvalue weighted by atomic mass is 32.2. The molecule has 2 aromatic rings. The first kappa shape index (κ1) is 13.8. The zero-order valence-electron chi connectivity index (χ0n) is 11.2. The van der Waals surface area contributed by atoms with E-state index in [2.05, 4.69) is 0 Å². The number of rotatable bonds is 2. The Morgan fingerprint density at radius 3 is 2.48 bits per heavy atom. The fourth-order valence-corrected chi connectivity index (χ4v) is 3.08. The van der Waals surface area contributed by atoms with Gasteiger partial charge in [0.15, 0.2) is 16.1 Å². The first-order valence-electron chi connectivity index (χ1n) is 6.30. The first-order chi connectivity index (χ1) is 9.89. The monoisotopic (exact) mass is 303 g/mol. The Morgan fingerprint density at radius 1 is 1.10 bits per heavy atom. The van der Waals surface area contributed by atoms with Crippen molar-refractivity contribution < 1.29 is 18.3 Å². The number of amides is 1. The predicted molar refractivity (Wildman–Crippen MR) is 77.8 cm³/mol. The van der Waals surface area contributed by atoms with Gasteiger partial charge in [0.2, 0.25) is 0 Å². The number of benzene rings is 2. The van der Waals surface area contributed by atoms with Gasteiger partial charge in [-0.3, -0.25) is 9.69 Å². The van der Waals surface area contributed by atoms with Crippen LogP contribution in [-0.4, -0.2) is 25.7 Å². The van der Waals surface area contributed by atoms with E-state index in [4.69, 9.17) is 0 Å². The van der Waals surface area contributed by atoms with Crippen molar-refractivity contribution >= 4 is 21.4 Å². The number of carbonyl (C=O) groups is 1. The Bertz CT molecular complexity index is 829. The Hall–Kier alpha value is -2.18. The van der Waals surface area contributed by atoms with E-state index >= 15 is 0 Å². The fourth-order valence-electron chi connectivity index (χ4n) is 2.42. The van der Waals surface area contributed by atoms with Gasteiger partial charge < -0.3 is 5.11 Å². The molecule has 0 saturated heterocycles. The van der Waals surface area contributed by atoms with Crippen LogP contribution in [-0.2, 0) is 9.84 Å². The molecule has 0 saturated carbocycles. The van der Waals surface area contributed by atoms with Crippen LogP contribution in [0.3, 0.4) is 0 Å². The van der Waals surface area contributed by atoms with Crippen LogP contribution in [0.15, 0.2) is 53.4 Å². The second kappa shape index (κ2) is 4.68. The highest BCUT2D eigenvalue weighted by Gasteiger charge is 2.36. The lowest BCUT2D eigenvalue weighted by Crippen LogP contribution is -2.27. The topological polar surface area (TPSA) is 74.7 Å². The number of nitrogens with zero attached hydrogens (tertiary/aromatic N) is 1. The highest BCUT2D eigenvalue weighted by molar-refractivity contribution is 7.90. The molecule has 21 heavy (non-hydrogen) atoms. The number of anilines is 1. The molecule has 0 spiro atoms. The minimum absolute atomic E-state index is 0.107. The molecule has 1 heterocycles. The molecule has 0 fully saturated rings. The molecule has 0 radical (unpaired) electrons. The van der Waals surface area contributed by atoms with Gasteiger partial charge in [-0.25, -0.2) is 8.42 Å². The predicted octanol–water partition coefficient (Wildman–Crippen LogP) is 1.74. The number of aliphatic hydroxyl groups excluding tert-OH is 1. The molecule has 3 rings (SSSR count). The molecule has 1 aliphatic rings. The zero-order valence-corrected chi connectivity index (χ0v) is 12.0. The Morgan fingerprint density at radius 2 is 1.81 bits per heavy atom. The molecule has 0 aliphatic carbocycles. The van der Waals surface area contributed by atoms with Crippen molar-refractivity contribution in [3.8, 4) is 0 Å². The van der Waals surface area contributed by atoms with Gasteiger partial charge >= 0.3 is 0 Å². The molecule has 1 N–H and O–H groups in total. The molecule has 6 heteroatoms. The third-order valence-corrected chi connectivity index (χ3v) is 4.57. The van der Waals surface area contributed by atoms with Gasteiger partial charge in [0.05, 0.1) is 4.90 Å². The molecule has 2 aromatic carbocycles. The van der Waals surface area contributed by atoms with E-state index < -0.39 is 16.1 Å². The van der Waals surface area contributed by atoms with Crippen LogP contribution in [0.25, 0.3) is 0 Å². The van der Waals surface area contributed by atoms with Crippen LogP contribution < -0.4 is 4.90 Å². The van der Waals surface area contributed by atoms with Gasteiger partial charge in [-0.05, 0) is 24.3 Å². The minimum Gasteiger partial charge on any atom is -0.369 e. The maximum absolute atomic E-state index is 12.4. The summed E-state index contributed by atoms with van der Waals surface area (Å²) in [5, 5.41) is 10.3. The second-order valence-corrected chi connectivity index (χ2v) is 6.92. The van der Waals surface area contributed by atoms with E-state index in [-0.39, 0.29) is 10.8 Å². The summed E-state index contributed by atoms with van der Waals surface area (Å²) < 4.78 is 23.2. The molecule has 5 nitrogen and oxygen atoms in total. The molecule has 0 aromatic heterocycles. The van der Waals surface area contributed by atoms with Crippen molar-refractivity contribution in [2.24, 2.45) is 0 Å². The van der Waals surface area contributed by atoms with Crippen molar-refractivity contribution in [1.29, 1.82) is 0 Å². The van der Waals surface area contributed by atoms with E-state index in [0.717, 1.165) is 6.26 Å². The summed E-state index contributed by atoms with van der Waals surface area (Å²) in [6.45, 7) is 0. The summed E-state index contributed by atoms with van der Waals surface area (Å²) in [7, 11) is -3.38. The Kier molecular flexibility index (Phi) is 3.07. The summed E-state index contributed by atoms with van der Waals surface area (Å²) in [6, 6.07) is 12.8. The second-order valence-electron chi connectivity index (χ2n) is 4.91. The molecular weight excluding hydrogens is 290 g/mol. The lowest BCUT2D eigenvalue weighted by molar-refractivity contribution is 0.0935. The summed E-state index contributed by atoms with van der Waals surface area (Å²) in [5.74, 6) is -0.344. The number of hydrogen-bond acceptors (Lipinski definition) is 4. The summed E-state index contributed by atoms with van der Waals surface area (Å²) in [4.78, 5) is 13.7. The molecule has 0 bridgehead atoms. The van der Waals surface area contributed by atoms with E-state index in [9.17, 15) is 18.3 Å². The normalized spacial score (nSPS) is 17.9. The van der Waals surface area contributed by atoms with Crippen LogP contribution in [0.1, 0.15) is 22.1 Å². The van der Waals surface area contributed by atoms with E-state index in [1.54, 1.807) is 36.4 Å². The molecule has 108 valence electrons. The standard InChI is InChI=1S/C15H13NO4S/c1-21(19,20)11-6-4-5-10(9-11)16-14(17)12-7-2-3-8-13(12)15(16)18/h2-9,14,17H,1H3. The molecular formula is C15H13NO4S. The lowest BCUT2D eigenvalue weighted by atomic mass is 10.1. The highest BCUT2D eigenvalue weighted by Crippen LogP contribution is 2.36. The Balaban J connectivity index is 2.09. The van der Waals surface area contributed by atoms with Gasteiger partial charge in [0, 0.05) is 23.1 Å². The minimum atomic E-state index is -3.38. The van der Waals surface area contributed by atoms with Crippen molar-refractivity contribution in [3.63, 3.8) is 0 Å².